The van der Waals surface area contributed by atoms with Gasteiger partial charge in [-0.1, -0.05) is 38.1 Å². The standard InChI is InChI=1S/C17H27NO/c1-3-18(4-2)14-8-13-17(19)12-7-10-15-9-5-6-11-16(15)17/h5-6,9,11,19H,3-4,7-8,10,12-14H2,1-2H3. The smallest absolute Gasteiger partial charge is 0.0899 e. The van der Waals surface area contributed by atoms with E-state index in [0.717, 1.165) is 51.7 Å². The van der Waals surface area contributed by atoms with Gasteiger partial charge in [-0.3, -0.25) is 0 Å². The predicted octanol–water partition coefficient (Wildman–Crippen LogP) is 3.33. The molecule has 0 saturated heterocycles. The first-order valence-electron chi connectivity index (χ1n) is 7.72. The molecule has 1 atom stereocenters. The van der Waals surface area contributed by atoms with E-state index in [2.05, 4.69) is 43.0 Å². The van der Waals surface area contributed by atoms with Crippen LogP contribution in [0.4, 0.5) is 0 Å². The van der Waals surface area contributed by atoms with Gasteiger partial charge in [0.25, 0.3) is 0 Å². The molecule has 2 heteroatoms. The molecule has 0 radical (unpaired) electrons. The normalized spacial score (nSPS) is 22.5. The maximum absolute atomic E-state index is 11.0. The highest BCUT2D eigenvalue weighted by molar-refractivity contribution is 5.34. The third kappa shape index (κ3) is 3.37. The molecule has 0 amide bonds. The number of rotatable bonds is 6. The molecule has 0 saturated carbocycles. The van der Waals surface area contributed by atoms with Gasteiger partial charge in [0.05, 0.1) is 5.60 Å². The monoisotopic (exact) mass is 261 g/mol. The number of hydrogen-bond donors (Lipinski definition) is 1. The van der Waals surface area contributed by atoms with Crippen molar-refractivity contribution in [3.05, 3.63) is 35.4 Å². The van der Waals surface area contributed by atoms with E-state index >= 15 is 0 Å². The van der Waals surface area contributed by atoms with Crippen molar-refractivity contribution >= 4 is 0 Å². The van der Waals surface area contributed by atoms with Crippen LogP contribution in [0.1, 0.15) is 50.7 Å². The van der Waals surface area contributed by atoms with Crippen LogP contribution in [0.3, 0.4) is 0 Å². The molecule has 0 aromatic heterocycles. The molecule has 0 heterocycles. The van der Waals surface area contributed by atoms with Crippen LogP contribution < -0.4 is 0 Å². The summed E-state index contributed by atoms with van der Waals surface area (Å²) in [6.07, 6.45) is 5.11. The Morgan fingerprint density at radius 1 is 1.21 bits per heavy atom. The van der Waals surface area contributed by atoms with Gasteiger partial charge in [-0.2, -0.15) is 0 Å². The van der Waals surface area contributed by atoms with Gasteiger partial charge < -0.3 is 10.0 Å². The van der Waals surface area contributed by atoms with Gasteiger partial charge in [0.2, 0.25) is 0 Å². The molecule has 0 fully saturated rings. The fourth-order valence-electron chi connectivity index (χ4n) is 3.29. The lowest BCUT2D eigenvalue weighted by Gasteiger charge is -2.35. The molecule has 1 unspecified atom stereocenters. The molecule has 0 aliphatic heterocycles. The van der Waals surface area contributed by atoms with Crippen LogP contribution in [-0.4, -0.2) is 29.6 Å². The molecule has 2 nitrogen and oxygen atoms in total. The Morgan fingerprint density at radius 2 is 1.95 bits per heavy atom. The van der Waals surface area contributed by atoms with E-state index in [4.69, 9.17) is 0 Å². The lowest BCUT2D eigenvalue weighted by molar-refractivity contribution is 0.00601. The Morgan fingerprint density at radius 3 is 2.68 bits per heavy atom. The summed E-state index contributed by atoms with van der Waals surface area (Å²) in [5.41, 5.74) is 1.95. The van der Waals surface area contributed by atoms with E-state index in [0.29, 0.717) is 0 Å². The number of hydrogen-bond acceptors (Lipinski definition) is 2. The summed E-state index contributed by atoms with van der Waals surface area (Å²) >= 11 is 0. The van der Waals surface area contributed by atoms with E-state index in [1.807, 2.05) is 0 Å². The van der Waals surface area contributed by atoms with Gasteiger partial charge in [-0.25, -0.2) is 0 Å². The number of benzene rings is 1. The van der Waals surface area contributed by atoms with E-state index < -0.39 is 5.60 Å². The predicted molar refractivity (Wildman–Crippen MR) is 80.3 cm³/mol. The Balaban J connectivity index is 2.00. The fourth-order valence-corrected chi connectivity index (χ4v) is 3.29. The zero-order valence-electron chi connectivity index (χ0n) is 12.4. The first kappa shape index (κ1) is 14.5. The average molecular weight is 261 g/mol. The van der Waals surface area contributed by atoms with E-state index in [1.54, 1.807) is 0 Å². The minimum Gasteiger partial charge on any atom is -0.385 e. The van der Waals surface area contributed by atoms with Crippen molar-refractivity contribution in [2.45, 2.75) is 51.6 Å². The van der Waals surface area contributed by atoms with Crippen LogP contribution in [0.5, 0.6) is 0 Å². The minimum absolute atomic E-state index is 0.581. The zero-order valence-corrected chi connectivity index (χ0v) is 12.4. The van der Waals surface area contributed by atoms with E-state index in [1.165, 1.54) is 11.1 Å². The summed E-state index contributed by atoms with van der Waals surface area (Å²) in [5, 5.41) is 11.0. The molecule has 1 aliphatic carbocycles. The second kappa shape index (κ2) is 6.53. The van der Waals surface area contributed by atoms with Gasteiger partial charge in [0, 0.05) is 0 Å². The number of aliphatic hydroxyl groups is 1. The summed E-state index contributed by atoms with van der Waals surface area (Å²) in [5.74, 6) is 0. The van der Waals surface area contributed by atoms with Crippen molar-refractivity contribution in [3.63, 3.8) is 0 Å². The minimum atomic E-state index is -0.581. The summed E-state index contributed by atoms with van der Waals surface area (Å²) in [7, 11) is 0. The van der Waals surface area contributed by atoms with Gasteiger partial charge in [0.1, 0.15) is 0 Å². The van der Waals surface area contributed by atoms with Crippen molar-refractivity contribution < 1.29 is 5.11 Å². The zero-order chi connectivity index (χ0) is 13.7. The first-order chi connectivity index (χ1) is 9.19. The van der Waals surface area contributed by atoms with E-state index in [-0.39, 0.29) is 0 Å². The van der Waals surface area contributed by atoms with Gasteiger partial charge in [-0.05, 0) is 62.9 Å². The molecule has 1 aromatic carbocycles. The number of nitrogens with zero attached hydrogens (tertiary/aromatic N) is 1. The third-order valence-electron chi connectivity index (χ3n) is 4.51. The maximum Gasteiger partial charge on any atom is 0.0899 e. The summed E-state index contributed by atoms with van der Waals surface area (Å²) in [4.78, 5) is 2.43. The quantitative estimate of drug-likeness (QED) is 0.849. The molecule has 2 rings (SSSR count). The number of aryl methyl sites for hydroxylation is 1. The number of fused-ring (bicyclic) bond motifs is 1. The van der Waals surface area contributed by atoms with Crippen LogP contribution >= 0.6 is 0 Å². The highest BCUT2D eigenvalue weighted by Crippen LogP contribution is 2.38. The van der Waals surface area contributed by atoms with Gasteiger partial charge >= 0.3 is 0 Å². The van der Waals surface area contributed by atoms with Crippen LogP contribution in [-0.2, 0) is 12.0 Å². The maximum atomic E-state index is 11.0. The SMILES string of the molecule is CCN(CC)CCCC1(O)CCCc2ccccc21. The largest absolute Gasteiger partial charge is 0.385 e. The Kier molecular flexibility index (Phi) is 5.00. The highest BCUT2D eigenvalue weighted by atomic mass is 16.3. The topological polar surface area (TPSA) is 23.5 Å². The second-order valence-corrected chi connectivity index (χ2v) is 5.67. The fraction of sp³-hybridized carbons (Fsp3) is 0.647. The molecular weight excluding hydrogens is 234 g/mol. The lowest BCUT2D eigenvalue weighted by atomic mass is 9.76. The Bertz CT molecular complexity index is 400. The first-order valence-corrected chi connectivity index (χ1v) is 7.72. The average Bonchev–Trinajstić information content (AvgIpc) is 2.44. The van der Waals surface area contributed by atoms with Gasteiger partial charge in [-0.15, -0.1) is 0 Å². The van der Waals surface area contributed by atoms with Crippen LogP contribution in [0, 0.1) is 0 Å². The molecule has 1 aliphatic rings. The molecule has 1 N–H and O–H groups in total. The van der Waals surface area contributed by atoms with Crippen molar-refractivity contribution in [1.29, 1.82) is 0 Å². The molecule has 1 aromatic rings. The third-order valence-corrected chi connectivity index (χ3v) is 4.51. The molecular formula is C17H27NO. The lowest BCUT2D eigenvalue weighted by Crippen LogP contribution is -2.32. The van der Waals surface area contributed by atoms with Crippen molar-refractivity contribution in [2.24, 2.45) is 0 Å². The highest BCUT2D eigenvalue weighted by Gasteiger charge is 2.33. The summed E-state index contributed by atoms with van der Waals surface area (Å²) < 4.78 is 0. The molecule has 106 valence electrons. The molecule has 0 bridgehead atoms. The molecule has 0 spiro atoms. The van der Waals surface area contributed by atoms with Crippen molar-refractivity contribution in [2.75, 3.05) is 19.6 Å². The van der Waals surface area contributed by atoms with Gasteiger partial charge in [0.15, 0.2) is 0 Å². The van der Waals surface area contributed by atoms with Crippen LogP contribution in [0.2, 0.25) is 0 Å². The summed E-state index contributed by atoms with van der Waals surface area (Å²) in [6, 6.07) is 8.43. The molecule has 19 heavy (non-hydrogen) atoms. The van der Waals surface area contributed by atoms with Crippen molar-refractivity contribution in [1.82, 2.24) is 4.90 Å². The van der Waals surface area contributed by atoms with Crippen LogP contribution in [0.25, 0.3) is 0 Å². The van der Waals surface area contributed by atoms with Crippen LogP contribution in [0.15, 0.2) is 24.3 Å². The van der Waals surface area contributed by atoms with E-state index in [9.17, 15) is 5.11 Å². The Labute approximate surface area is 117 Å². The second-order valence-electron chi connectivity index (χ2n) is 5.67. The summed E-state index contributed by atoms with van der Waals surface area (Å²) in [6.45, 7) is 7.71. The Hall–Kier alpha value is -0.860. The van der Waals surface area contributed by atoms with Crippen molar-refractivity contribution in [3.8, 4) is 0 Å².